The molecule has 20 heavy (non-hydrogen) atoms. The Morgan fingerprint density at radius 1 is 1.40 bits per heavy atom. The molecule has 0 N–H and O–H groups in total. The van der Waals surface area contributed by atoms with Crippen molar-refractivity contribution in [3.8, 4) is 6.07 Å². The van der Waals surface area contributed by atoms with E-state index in [1.165, 1.54) is 0 Å². The highest BCUT2D eigenvalue weighted by molar-refractivity contribution is 5.69. The van der Waals surface area contributed by atoms with E-state index < -0.39 is 0 Å². The van der Waals surface area contributed by atoms with Crippen molar-refractivity contribution in [2.24, 2.45) is 5.92 Å². The number of para-hydroxylation sites is 1. The monoisotopic (exact) mass is 272 g/mol. The van der Waals surface area contributed by atoms with Crippen molar-refractivity contribution in [2.45, 2.75) is 26.2 Å². The maximum absolute atomic E-state index is 11.5. The van der Waals surface area contributed by atoms with E-state index >= 15 is 0 Å². The van der Waals surface area contributed by atoms with Crippen LogP contribution in [0.1, 0.15) is 31.7 Å². The average molecular weight is 272 g/mol. The average Bonchev–Trinajstić information content (AvgIpc) is 2.48. The molecule has 0 saturated carbocycles. The fraction of sp³-hybridized carbons (Fsp3) is 0.500. The molecule has 1 fully saturated rings. The molecule has 1 aliphatic heterocycles. The standard InChI is InChI=1S/C16H20N2O2/c1-2-20-16(19)11-13-7-9-18(10-8-13)15-6-4-3-5-14(15)12-17/h3-6,13H,2,7-11H2,1H3. The number of anilines is 1. The number of hydrogen-bond donors (Lipinski definition) is 0. The zero-order chi connectivity index (χ0) is 14.4. The number of esters is 1. The van der Waals surface area contributed by atoms with Gasteiger partial charge in [0.1, 0.15) is 6.07 Å². The number of carbonyl (C=O) groups excluding carboxylic acids is 1. The Bertz CT molecular complexity index is 499. The van der Waals surface area contributed by atoms with Gasteiger partial charge in [0, 0.05) is 19.5 Å². The molecule has 0 aliphatic carbocycles. The van der Waals surface area contributed by atoms with Crippen molar-refractivity contribution < 1.29 is 9.53 Å². The lowest BCUT2D eigenvalue weighted by Gasteiger charge is -2.33. The van der Waals surface area contributed by atoms with Crippen molar-refractivity contribution in [1.29, 1.82) is 5.26 Å². The van der Waals surface area contributed by atoms with E-state index in [4.69, 9.17) is 10.00 Å². The molecule has 4 nitrogen and oxygen atoms in total. The van der Waals surface area contributed by atoms with E-state index in [1.54, 1.807) is 0 Å². The summed E-state index contributed by atoms with van der Waals surface area (Å²) in [4.78, 5) is 13.7. The summed E-state index contributed by atoms with van der Waals surface area (Å²) in [6.45, 7) is 4.07. The molecule has 4 heteroatoms. The van der Waals surface area contributed by atoms with Gasteiger partial charge in [0.05, 0.1) is 17.9 Å². The molecule has 1 aromatic carbocycles. The molecular weight excluding hydrogens is 252 g/mol. The van der Waals surface area contributed by atoms with Gasteiger partial charge in [-0.15, -0.1) is 0 Å². The summed E-state index contributed by atoms with van der Waals surface area (Å²) in [6.07, 6.45) is 2.46. The first-order valence-electron chi connectivity index (χ1n) is 7.14. The molecule has 1 aromatic rings. The maximum Gasteiger partial charge on any atom is 0.306 e. The van der Waals surface area contributed by atoms with Gasteiger partial charge in [-0.05, 0) is 37.8 Å². The lowest BCUT2D eigenvalue weighted by molar-refractivity contribution is -0.144. The van der Waals surface area contributed by atoms with Crippen LogP contribution in [0.15, 0.2) is 24.3 Å². The summed E-state index contributed by atoms with van der Waals surface area (Å²) in [5, 5.41) is 9.14. The Morgan fingerprint density at radius 3 is 2.75 bits per heavy atom. The Labute approximate surface area is 120 Å². The topological polar surface area (TPSA) is 53.3 Å². The molecule has 1 aliphatic rings. The highest BCUT2D eigenvalue weighted by atomic mass is 16.5. The fourth-order valence-corrected chi connectivity index (χ4v) is 2.68. The fourth-order valence-electron chi connectivity index (χ4n) is 2.68. The largest absolute Gasteiger partial charge is 0.466 e. The van der Waals surface area contributed by atoms with Gasteiger partial charge in [0.15, 0.2) is 0 Å². The van der Waals surface area contributed by atoms with Crippen LogP contribution in [0.25, 0.3) is 0 Å². The minimum absolute atomic E-state index is 0.0941. The van der Waals surface area contributed by atoms with Gasteiger partial charge in [-0.2, -0.15) is 5.26 Å². The van der Waals surface area contributed by atoms with Crippen molar-refractivity contribution in [3.05, 3.63) is 29.8 Å². The molecule has 0 aromatic heterocycles. The quantitative estimate of drug-likeness (QED) is 0.791. The number of piperidine rings is 1. The van der Waals surface area contributed by atoms with Crippen LogP contribution in [0.2, 0.25) is 0 Å². The van der Waals surface area contributed by atoms with Crippen LogP contribution in [0.3, 0.4) is 0 Å². The smallest absolute Gasteiger partial charge is 0.306 e. The van der Waals surface area contributed by atoms with E-state index in [9.17, 15) is 4.79 Å². The van der Waals surface area contributed by atoms with Crippen molar-refractivity contribution in [3.63, 3.8) is 0 Å². The third kappa shape index (κ3) is 3.51. The Morgan fingerprint density at radius 2 is 2.10 bits per heavy atom. The van der Waals surface area contributed by atoms with Gasteiger partial charge < -0.3 is 9.64 Å². The second-order valence-corrected chi connectivity index (χ2v) is 5.07. The highest BCUT2D eigenvalue weighted by Crippen LogP contribution is 2.27. The van der Waals surface area contributed by atoms with Gasteiger partial charge in [-0.25, -0.2) is 0 Å². The van der Waals surface area contributed by atoms with E-state index in [2.05, 4.69) is 11.0 Å². The molecule has 0 bridgehead atoms. The number of nitriles is 1. The number of carbonyl (C=O) groups is 1. The Kier molecular flexibility index (Phi) is 5.00. The van der Waals surface area contributed by atoms with Crippen LogP contribution in [0.4, 0.5) is 5.69 Å². The number of ether oxygens (including phenoxy) is 1. The van der Waals surface area contributed by atoms with Gasteiger partial charge >= 0.3 is 5.97 Å². The van der Waals surface area contributed by atoms with Crippen LogP contribution in [-0.2, 0) is 9.53 Å². The summed E-state index contributed by atoms with van der Waals surface area (Å²) >= 11 is 0. The lowest BCUT2D eigenvalue weighted by atomic mass is 9.93. The van der Waals surface area contributed by atoms with Crippen molar-refractivity contribution >= 4 is 11.7 Å². The molecule has 0 atom stereocenters. The molecule has 0 spiro atoms. The van der Waals surface area contributed by atoms with E-state index in [-0.39, 0.29) is 5.97 Å². The number of rotatable bonds is 4. The van der Waals surface area contributed by atoms with Gasteiger partial charge in [0.2, 0.25) is 0 Å². The SMILES string of the molecule is CCOC(=O)CC1CCN(c2ccccc2C#N)CC1. The van der Waals surface area contributed by atoms with Gasteiger partial charge in [-0.1, -0.05) is 12.1 Å². The first-order valence-corrected chi connectivity index (χ1v) is 7.14. The molecule has 0 amide bonds. The summed E-state index contributed by atoms with van der Waals surface area (Å²) in [6, 6.07) is 9.92. The molecule has 1 heterocycles. The minimum Gasteiger partial charge on any atom is -0.466 e. The van der Waals surface area contributed by atoms with Crippen molar-refractivity contribution in [1.82, 2.24) is 0 Å². The van der Waals surface area contributed by atoms with Crippen LogP contribution in [0.5, 0.6) is 0 Å². The first-order chi connectivity index (χ1) is 9.74. The van der Waals surface area contributed by atoms with E-state index in [1.807, 2.05) is 31.2 Å². The van der Waals surface area contributed by atoms with Crippen LogP contribution in [0, 0.1) is 17.2 Å². The molecular formula is C16H20N2O2. The number of hydrogen-bond acceptors (Lipinski definition) is 4. The molecule has 0 unspecified atom stereocenters. The van der Waals surface area contributed by atoms with E-state index in [0.29, 0.717) is 18.9 Å². The number of benzene rings is 1. The zero-order valence-corrected chi connectivity index (χ0v) is 11.8. The Hall–Kier alpha value is -2.02. The third-order valence-corrected chi connectivity index (χ3v) is 3.74. The normalized spacial score (nSPS) is 15.7. The summed E-state index contributed by atoms with van der Waals surface area (Å²) in [5.74, 6) is 0.308. The van der Waals surface area contributed by atoms with Crippen LogP contribution in [-0.4, -0.2) is 25.7 Å². The molecule has 106 valence electrons. The van der Waals surface area contributed by atoms with E-state index in [0.717, 1.165) is 37.2 Å². The molecule has 2 rings (SSSR count). The third-order valence-electron chi connectivity index (χ3n) is 3.74. The maximum atomic E-state index is 11.5. The highest BCUT2D eigenvalue weighted by Gasteiger charge is 2.23. The predicted octanol–water partition coefficient (Wildman–Crippen LogP) is 2.73. The van der Waals surface area contributed by atoms with Crippen LogP contribution >= 0.6 is 0 Å². The second kappa shape index (κ2) is 6.95. The molecule has 0 radical (unpaired) electrons. The summed E-state index contributed by atoms with van der Waals surface area (Å²) in [7, 11) is 0. The van der Waals surface area contributed by atoms with Crippen LogP contribution < -0.4 is 4.90 Å². The van der Waals surface area contributed by atoms with Crippen molar-refractivity contribution in [2.75, 3.05) is 24.6 Å². The van der Waals surface area contributed by atoms with Gasteiger partial charge in [0.25, 0.3) is 0 Å². The minimum atomic E-state index is -0.0941. The second-order valence-electron chi connectivity index (χ2n) is 5.07. The summed E-state index contributed by atoms with van der Waals surface area (Å²) < 4.78 is 5.00. The lowest BCUT2D eigenvalue weighted by Crippen LogP contribution is -2.35. The molecule has 1 saturated heterocycles. The first kappa shape index (κ1) is 14.4. The summed E-state index contributed by atoms with van der Waals surface area (Å²) in [5.41, 5.74) is 1.72. The zero-order valence-electron chi connectivity index (χ0n) is 11.8. The predicted molar refractivity (Wildman–Crippen MR) is 77.3 cm³/mol. The van der Waals surface area contributed by atoms with Gasteiger partial charge in [-0.3, -0.25) is 4.79 Å². The Balaban J connectivity index is 1.91. The number of nitrogens with zero attached hydrogens (tertiary/aromatic N) is 2.